The average molecular weight is 204 g/mol. The number of Topliss-reactive ketones (excluding diaryl/α,β-unsaturated/α-hetero) is 1. The predicted molar refractivity (Wildman–Crippen MR) is 58.7 cm³/mol. The molecule has 2 nitrogen and oxygen atoms in total. The summed E-state index contributed by atoms with van der Waals surface area (Å²) in [5.74, 6) is 0.452. The third-order valence-electron chi connectivity index (χ3n) is 3.25. The first-order chi connectivity index (χ1) is 7.01. The highest BCUT2D eigenvalue weighted by Crippen LogP contribution is 2.45. The molecule has 15 heavy (non-hydrogen) atoms. The standard InChI is InChI=1S/C13H16O2/c1-9(14)10-3-5-11(6-4-10)13(2,15)12-7-8-12/h3-6,12,15H,7-8H2,1-2H3. The van der Waals surface area contributed by atoms with Gasteiger partial charge in [-0.2, -0.15) is 0 Å². The van der Waals surface area contributed by atoms with Crippen LogP contribution in [-0.2, 0) is 5.60 Å². The molecule has 1 fully saturated rings. The van der Waals surface area contributed by atoms with Crippen molar-refractivity contribution in [3.63, 3.8) is 0 Å². The second-order valence-electron chi connectivity index (χ2n) is 4.56. The summed E-state index contributed by atoms with van der Waals surface area (Å²) in [5.41, 5.74) is 0.885. The maximum absolute atomic E-state index is 11.1. The van der Waals surface area contributed by atoms with Crippen LogP contribution in [0.25, 0.3) is 0 Å². The lowest BCUT2D eigenvalue weighted by Gasteiger charge is -2.23. The van der Waals surface area contributed by atoms with E-state index in [-0.39, 0.29) is 5.78 Å². The summed E-state index contributed by atoms with van der Waals surface area (Å²) >= 11 is 0. The van der Waals surface area contributed by atoms with Crippen molar-refractivity contribution in [1.29, 1.82) is 0 Å². The molecule has 1 aromatic rings. The summed E-state index contributed by atoms with van der Waals surface area (Å²) in [6, 6.07) is 7.28. The summed E-state index contributed by atoms with van der Waals surface area (Å²) in [7, 11) is 0. The predicted octanol–water partition coefficient (Wildman–Crippen LogP) is 2.51. The minimum absolute atomic E-state index is 0.0626. The van der Waals surface area contributed by atoms with Crippen molar-refractivity contribution < 1.29 is 9.90 Å². The largest absolute Gasteiger partial charge is 0.385 e. The van der Waals surface area contributed by atoms with Crippen molar-refractivity contribution in [2.45, 2.75) is 32.3 Å². The van der Waals surface area contributed by atoms with Gasteiger partial charge in [0.2, 0.25) is 0 Å². The molecule has 1 N–H and O–H groups in total. The van der Waals surface area contributed by atoms with Gasteiger partial charge < -0.3 is 5.11 Å². The Morgan fingerprint density at radius 1 is 1.33 bits per heavy atom. The lowest BCUT2D eigenvalue weighted by molar-refractivity contribution is 0.0330. The lowest BCUT2D eigenvalue weighted by Crippen LogP contribution is -2.23. The third-order valence-corrected chi connectivity index (χ3v) is 3.25. The molecule has 80 valence electrons. The zero-order valence-corrected chi connectivity index (χ0v) is 9.16. The van der Waals surface area contributed by atoms with Crippen molar-refractivity contribution in [1.82, 2.24) is 0 Å². The van der Waals surface area contributed by atoms with Crippen LogP contribution >= 0.6 is 0 Å². The fraction of sp³-hybridized carbons (Fsp3) is 0.462. The van der Waals surface area contributed by atoms with Crippen LogP contribution in [0.1, 0.15) is 42.6 Å². The van der Waals surface area contributed by atoms with Gasteiger partial charge in [-0.05, 0) is 38.2 Å². The van der Waals surface area contributed by atoms with Gasteiger partial charge in [0.25, 0.3) is 0 Å². The van der Waals surface area contributed by atoms with E-state index < -0.39 is 5.60 Å². The van der Waals surface area contributed by atoms with Gasteiger partial charge in [-0.15, -0.1) is 0 Å². The SMILES string of the molecule is CC(=O)c1ccc(C(C)(O)C2CC2)cc1. The van der Waals surface area contributed by atoms with Crippen molar-refractivity contribution in [2.24, 2.45) is 5.92 Å². The molecule has 0 saturated heterocycles. The van der Waals surface area contributed by atoms with Gasteiger partial charge in [0.15, 0.2) is 5.78 Å². The summed E-state index contributed by atoms with van der Waals surface area (Å²) in [5, 5.41) is 10.3. The Bertz CT molecular complexity index is 372. The first-order valence-electron chi connectivity index (χ1n) is 5.35. The van der Waals surface area contributed by atoms with Crippen LogP contribution in [0, 0.1) is 5.92 Å². The Hall–Kier alpha value is -1.15. The number of rotatable bonds is 3. The van der Waals surface area contributed by atoms with E-state index in [1.807, 2.05) is 19.1 Å². The molecule has 0 aliphatic heterocycles. The third kappa shape index (κ3) is 1.95. The molecule has 2 heteroatoms. The molecule has 1 unspecified atom stereocenters. The van der Waals surface area contributed by atoms with Crippen LogP contribution in [-0.4, -0.2) is 10.9 Å². The van der Waals surface area contributed by atoms with Crippen LogP contribution in [0.4, 0.5) is 0 Å². The van der Waals surface area contributed by atoms with E-state index in [0.29, 0.717) is 11.5 Å². The molecular formula is C13H16O2. The minimum Gasteiger partial charge on any atom is -0.385 e. The number of hydrogen-bond donors (Lipinski definition) is 1. The average Bonchev–Trinajstić information content (AvgIpc) is 3.01. The summed E-state index contributed by atoms with van der Waals surface area (Å²) in [4.78, 5) is 11.1. The highest BCUT2D eigenvalue weighted by molar-refractivity contribution is 5.94. The minimum atomic E-state index is -0.727. The zero-order valence-electron chi connectivity index (χ0n) is 9.16. The topological polar surface area (TPSA) is 37.3 Å². The number of carbonyl (C=O) groups excluding carboxylic acids is 1. The van der Waals surface area contributed by atoms with E-state index in [4.69, 9.17) is 0 Å². The molecule has 0 bridgehead atoms. The molecule has 0 radical (unpaired) electrons. The fourth-order valence-corrected chi connectivity index (χ4v) is 1.92. The number of ketones is 1. The monoisotopic (exact) mass is 204 g/mol. The van der Waals surface area contributed by atoms with Gasteiger partial charge in [-0.25, -0.2) is 0 Å². The lowest BCUT2D eigenvalue weighted by atomic mass is 9.90. The molecule has 1 atom stereocenters. The number of hydrogen-bond acceptors (Lipinski definition) is 2. The second-order valence-corrected chi connectivity index (χ2v) is 4.56. The molecule has 1 aliphatic rings. The summed E-state index contributed by atoms with van der Waals surface area (Å²) in [6.45, 7) is 3.40. The maximum Gasteiger partial charge on any atom is 0.159 e. The van der Waals surface area contributed by atoms with E-state index in [0.717, 1.165) is 18.4 Å². The first kappa shape index (κ1) is 10.4. The number of carbonyl (C=O) groups is 1. The molecule has 0 aromatic heterocycles. The zero-order chi connectivity index (χ0) is 11.1. The van der Waals surface area contributed by atoms with Gasteiger partial charge >= 0.3 is 0 Å². The summed E-state index contributed by atoms with van der Waals surface area (Å²) in [6.07, 6.45) is 2.20. The molecule has 1 aliphatic carbocycles. The Balaban J connectivity index is 2.26. The molecule has 0 amide bonds. The van der Waals surface area contributed by atoms with Gasteiger partial charge in [0.1, 0.15) is 0 Å². The molecular weight excluding hydrogens is 188 g/mol. The smallest absolute Gasteiger partial charge is 0.159 e. The van der Waals surface area contributed by atoms with E-state index in [9.17, 15) is 9.90 Å². The van der Waals surface area contributed by atoms with E-state index in [1.165, 1.54) is 0 Å². The maximum atomic E-state index is 11.1. The quantitative estimate of drug-likeness (QED) is 0.768. The van der Waals surface area contributed by atoms with Crippen LogP contribution in [0.5, 0.6) is 0 Å². The van der Waals surface area contributed by atoms with E-state index >= 15 is 0 Å². The highest BCUT2D eigenvalue weighted by Gasteiger charge is 2.40. The van der Waals surface area contributed by atoms with E-state index in [1.54, 1.807) is 19.1 Å². The van der Waals surface area contributed by atoms with Gasteiger partial charge in [0, 0.05) is 5.56 Å². The van der Waals surface area contributed by atoms with Gasteiger partial charge in [-0.1, -0.05) is 24.3 Å². The number of aliphatic hydroxyl groups is 1. The molecule has 2 rings (SSSR count). The van der Waals surface area contributed by atoms with Gasteiger partial charge in [0.05, 0.1) is 5.60 Å². The van der Waals surface area contributed by atoms with Crippen LogP contribution in [0.15, 0.2) is 24.3 Å². The van der Waals surface area contributed by atoms with Crippen LogP contribution in [0.2, 0.25) is 0 Å². The van der Waals surface area contributed by atoms with Crippen LogP contribution in [0.3, 0.4) is 0 Å². The van der Waals surface area contributed by atoms with Crippen molar-refractivity contribution in [3.8, 4) is 0 Å². The Kier molecular flexibility index (Phi) is 2.39. The number of benzene rings is 1. The molecule has 0 heterocycles. The van der Waals surface area contributed by atoms with Crippen LogP contribution < -0.4 is 0 Å². The second kappa shape index (κ2) is 3.46. The fourth-order valence-electron chi connectivity index (χ4n) is 1.92. The van der Waals surface area contributed by atoms with Crippen molar-refractivity contribution in [3.05, 3.63) is 35.4 Å². The van der Waals surface area contributed by atoms with Crippen molar-refractivity contribution in [2.75, 3.05) is 0 Å². The van der Waals surface area contributed by atoms with Crippen molar-refractivity contribution >= 4 is 5.78 Å². The molecule has 1 aromatic carbocycles. The van der Waals surface area contributed by atoms with Gasteiger partial charge in [-0.3, -0.25) is 4.79 Å². The first-order valence-corrected chi connectivity index (χ1v) is 5.35. The molecule has 0 spiro atoms. The summed E-state index contributed by atoms with van der Waals surface area (Å²) < 4.78 is 0. The Morgan fingerprint density at radius 3 is 2.27 bits per heavy atom. The molecule has 1 saturated carbocycles. The Labute approximate surface area is 89.9 Å². The Morgan fingerprint density at radius 2 is 1.87 bits per heavy atom. The normalized spacial score (nSPS) is 19.7. The highest BCUT2D eigenvalue weighted by atomic mass is 16.3. The van der Waals surface area contributed by atoms with E-state index in [2.05, 4.69) is 0 Å².